The Bertz CT molecular complexity index is 1090. The third-order valence-corrected chi connectivity index (χ3v) is 8.41. The monoisotopic (exact) mass is 450 g/mol. The summed E-state index contributed by atoms with van der Waals surface area (Å²) in [5.41, 5.74) is 1.10. The second-order valence-electron chi connectivity index (χ2n) is 7.45. The first kappa shape index (κ1) is 22.5. The zero-order valence-corrected chi connectivity index (χ0v) is 18.5. The van der Waals surface area contributed by atoms with Crippen LogP contribution in [0.2, 0.25) is 0 Å². The van der Waals surface area contributed by atoms with E-state index in [0.717, 1.165) is 11.8 Å². The second-order valence-corrected chi connectivity index (χ2v) is 11.3. The summed E-state index contributed by atoms with van der Waals surface area (Å²) in [4.78, 5) is 11.8. The number of nitrogens with zero attached hydrogens (tertiary/aromatic N) is 1. The van der Waals surface area contributed by atoms with Crippen LogP contribution < -0.4 is 5.32 Å². The van der Waals surface area contributed by atoms with Gasteiger partial charge in [-0.2, -0.15) is 4.31 Å². The summed E-state index contributed by atoms with van der Waals surface area (Å²) in [6.07, 6.45) is 3.00. The fraction of sp³-hybridized carbons (Fsp3) is 0.381. The molecule has 0 unspecified atom stereocenters. The number of hydrogen-bond acceptors (Lipinski definition) is 5. The first-order valence-corrected chi connectivity index (χ1v) is 13.1. The molecule has 30 heavy (non-hydrogen) atoms. The van der Waals surface area contributed by atoms with Crippen LogP contribution in [0.25, 0.3) is 0 Å². The average molecular weight is 451 g/mol. The summed E-state index contributed by atoms with van der Waals surface area (Å²) in [6, 6.07) is 15.3. The molecule has 1 aliphatic heterocycles. The van der Waals surface area contributed by atoms with Crippen LogP contribution in [0, 0.1) is 0 Å². The van der Waals surface area contributed by atoms with Crippen LogP contribution in [-0.4, -0.2) is 52.4 Å². The van der Waals surface area contributed by atoms with Gasteiger partial charge in [-0.25, -0.2) is 16.8 Å². The van der Waals surface area contributed by atoms with Gasteiger partial charge in [0.1, 0.15) is 4.90 Å². The predicted octanol–water partition coefficient (Wildman–Crippen LogP) is 1.99. The van der Waals surface area contributed by atoms with E-state index in [1.807, 2.05) is 30.3 Å². The second kappa shape index (κ2) is 9.28. The van der Waals surface area contributed by atoms with Gasteiger partial charge in [0.2, 0.25) is 15.9 Å². The standard InChI is InChI=1S/C21H26N2O5S2/c1-29(25,26)19-9-5-6-10-20(19)30(27,28)23-15-13-18(14-16-23)22-21(24)12-11-17-7-3-2-4-8-17/h2-10,18H,11-16H2,1H3,(H,22,24). The van der Waals surface area contributed by atoms with Crippen LogP contribution >= 0.6 is 0 Å². The lowest BCUT2D eigenvalue weighted by Gasteiger charge is -2.32. The summed E-state index contributed by atoms with van der Waals surface area (Å²) in [5, 5.41) is 2.98. The molecule has 0 aliphatic carbocycles. The van der Waals surface area contributed by atoms with Crippen molar-refractivity contribution in [3.63, 3.8) is 0 Å². The highest BCUT2D eigenvalue weighted by Gasteiger charge is 2.33. The van der Waals surface area contributed by atoms with E-state index in [0.29, 0.717) is 25.7 Å². The molecule has 7 nitrogen and oxygen atoms in total. The molecule has 162 valence electrons. The van der Waals surface area contributed by atoms with Gasteiger partial charge in [-0.15, -0.1) is 0 Å². The molecule has 0 saturated carbocycles. The number of aryl methyl sites for hydroxylation is 1. The van der Waals surface area contributed by atoms with E-state index in [1.54, 1.807) is 0 Å². The first-order valence-electron chi connectivity index (χ1n) is 9.80. The molecule has 1 heterocycles. The van der Waals surface area contributed by atoms with Crippen molar-refractivity contribution in [2.75, 3.05) is 19.3 Å². The number of sulfone groups is 1. The van der Waals surface area contributed by atoms with Crippen molar-refractivity contribution < 1.29 is 21.6 Å². The lowest BCUT2D eigenvalue weighted by Crippen LogP contribution is -2.46. The Hall–Kier alpha value is -2.23. The zero-order valence-electron chi connectivity index (χ0n) is 16.8. The van der Waals surface area contributed by atoms with E-state index in [2.05, 4.69) is 5.32 Å². The van der Waals surface area contributed by atoms with Gasteiger partial charge >= 0.3 is 0 Å². The third-order valence-electron chi connectivity index (χ3n) is 5.17. The number of benzene rings is 2. The van der Waals surface area contributed by atoms with Crippen molar-refractivity contribution in [2.24, 2.45) is 0 Å². The smallest absolute Gasteiger partial charge is 0.244 e. The Kier molecular flexibility index (Phi) is 6.95. The van der Waals surface area contributed by atoms with Crippen LogP contribution in [0.3, 0.4) is 0 Å². The molecule has 0 radical (unpaired) electrons. The Balaban J connectivity index is 1.58. The van der Waals surface area contributed by atoms with Crippen molar-refractivity contribution in [1.82, 2.24) is 9.62 Å². The number of amides is 1. The summed E-state index contributed by atoms with van der Waals surface area (Å²) < 4.78 is 51.3. The molecule has 0 atom stereocenters. The van der Waals surface area contributed by atoms with E-state index in [-0.39, 0.29) is 34.8 Å². The molecule has 3 rings (SSSR count). The summed E-state index contributed by atoms with van der Waals surface area (Å²) >= 11 is 0. The number of piperidine rings is 1. The SMILES string of the molecule is CS(=O)(=O)c1ccccc1S(=O)(=O)N1CCC(NC(=O)CCc2ccccc2)CC1. The average Bonchev–Trinajstić information content (AvgIpc) is 2.73. The van der Waals surface area contributed by atoms with Gasteiger partial charge < -0.3 is 5.32 Å². The number of hydrogen-bond donors (Lipinski definition) is 1. The van der Waals surface area contributed by atoms with Gasteiger partial charge in [0, 0.05) is 31.8 Å². The van der Waals surface area contributed by atoms with Crippen LogP contribution in [0.1, 0.15) is 24.8 Å². The summed E-state index contributed by atoms with van der Waals surface area (Å²) in [7, 11) is -7.61. The summed E-state index contributed by atoms with van der Waals surface area (Å²) in [6.45, 7) is 0.453. The minimum absolute atomic E-state index is 0.0532. The maximum atomic E-state index is 13.0. The van der Waals surface area contributed by atoms with Gasteiger partial charge in [-0.1, -0.05) is 42.5 Å². The predicted molar refractivity (Wildman–Crippen MR) is 114 cm³/mol. The molecule has 1 amide bonds. The van der Waals surface area contributed by atoms with E-state index in [4.69, 9.17) is 0 Å². The van der Waals surface area contributed by atoms with Crippen molar-refractivity contribution in [1.29, 1.82) is 0 Å². The summed E-state index contributed by atoms with van der Waals surface area (Å²) in [5.74, 6) is -0.0532. The molecular formula is C21H26N2O5S2. The molecule has 1 saturated heterocycles. The Morgan fingerprint density at radius 3 is 2.10 bits per heavy atom. The molecule has 9 heteroatoms. The minimum atomic E-state index is -3.93. The van der Waals surface area contributed by atoms with Crippen molar-refractivity contribution in [3.8, 4) is 0 Å². The van der Waals surface area contributed by atoms with Crippen LogP contribution in [0.4, 0.5) is 0 Å². The molecule has 2 aromatic rings. The van der Waals surface area contributed by atoms with E-state index in [9.17, 15) is 21.6 Å². The zero-order chi connectivity index (χ0) is 21.8. The van der Waals surface area contributed by atoms with E-state index in [1.165, 1.54) is 28.6 Å². The number of rotatable bonds is 7. The molecular weight excluding hydrogens is 424 g/mol. The topological polar surface area (TPSA) is 101 Å². The number of carbonyl (C=O) groups excluding carboxylic acids is 1. The maximum Gasteiger partial charge on any atom is 0.244 e. The van der Waals surface area contributed by atoms with E-state index < -0.39 is 19.9 Å². The van der Waals surface area contributed by atoms with Crippen molar-refractivity contribution >= 4 is 25.8 Å². The number of carbonyl (C=O) groups is 1. The van der Waals surface area contributed by atoms with Gasteiger partial charge in [0.15, 0.2) is 9.84 Å². The quantitative estimate of drug-likeness (QED) is 0.695. The molecule has 1 fully saturated rings. The Morgan fingerprint density at radius 1 is 0.933 bits per heavy atom. The Labute approximate surface area is 178 Å². The Morgan fingerprint density at radius 2 is 1.50 bits per heavy atom. The normalized spacial score (nSPS) is 16.3. The highest BCUT2D eigenvalue weighted by atomic mass is 32.2. The minimum Gasteiger partial charge on any atom is -0.353 e. The van der Waals surface area contributed by atoms with Gasteiger partial charge in [0.05, 0.1) is 4.90 Å². The maximum absolute atomic E-state index is 13.0. The highest BCUT2D eigenvalue weighted by molar-refractivity contribution is 7.93. The molecule has 0 aromatic heterocycles. The fourth-order valence-corrected chi connectivity index (χ4v) is 6.62. The molecule has 0 spiro atoms. The number of nitrogens with one attached hydrogen (secondary N) is 1. The van der Waals surface area contributed by atoms with Crippen LogP contribution in [-0.2, 0) is 31.1 Å². The lowest BCUT2D eigenvalue weighted by atomic mass is 10.1. The number of sulfonamides is 1. The van der Waals surface area contributed by atoms with Crippen molar-refractivity contribution in [2.45, 2.75) is 41.5 Å². The van der Waals surface area contributed by atoms with E-state index >= 15 is 0 Å². The first-order chi connectivity index (χ1) is 14.2. The van der Waals surface area contributed by atoms with Crippen LogP contribution in [0.5, 0.6) is 0 Å². The van der Waals surface area contributed by atoms with Gasteiger partial charge in [0.25, 0.3) is 0 Å². The van der Waals surface area contributed by atoms with Gasteiger partial charge in [-0.3, -0.25) is 4.79 Å². The van der Waals surface area contributed by atoms with Gasteiger partial charge in [-0.05, 0) is 37.0 Å². The highest BCUT2D eigenvalue weighted by Crippen LogP contribution is 2.26. The third kappa shape index (κ3) is 5.47. The fourth-order valence-electron chi connectivity index (χ4n) is 3.55. The molecule has 2 aromatic carbocycles. The lowest BCUT2D eigenvalue weighted by molar-refractivity contribution is -0.122. The largest absolute Gasteiger partial charge is 0.353 e. The molecule has 0 bridgehead atoms. The molecule has 1 aliphatic rings. The van der Waals surface area contributed by atoms with Crippen molar-refractivity contribution in [3.05, 3.63) is 60.2 Å². The molecule has 1 N–H and O–H groups in total. The van der Waals surface area contributed by atoms with Crippen LogP contribution in [0.15, 0.2) is 64.4 Å².